The molecule has 3 rings (SSSR count). The van der Waals surface area contributed by atoms with Crippen LogP contribution in [0.25, 0.3) is 0 Å². The highest BCUT2D eigenvalue weighted by Crippen LogP contribution is 2.47. The van der Waals surface area contributed by atoms with Gasteiger partial charge in [-0.3, -0.25) is 0 Å². The first-order chi connectivity index (χ1) is 9.28. The normalized spacial score (nSPS) is 21.4. The molecule has 100 valence electrons. The van der Waals surface area contributed by atoms with Crippen LogP contribution in [0, 0.1) is 5.92 Å². The minimum atomic E-state index is 0.659. The molecule has 0 saturated heterocycles. The molecule has 1 heterocycles. The summed E-state index contributed by atoms with van der Waals surface area (Å²) in [6.45, 7) is 3.03. The highest BCUT2D eigenvalue weighted by molar-refractivity contribution is 7.98. The second-order valence-corrected chi connectivity index (χ2v) is 6.03. The minimum Gasteiger partial charge on any atom is -0.464 e. The summed E-state index contributed by atoms with van der Waals surface area (Å²) in [4.78, 5) is 1.27. The first-order valence-corrected chi connectivity index (χ1v) is 7.96. The molecule has 2 unspecified atom stereocenters. The summed E-state index contributed by atoms with van der Waals surface area (Å²) in [6.07, 6.45) is 3.37. The molecule has 2 atom stereocenters. The molecule has 0 bridgehead atoms. The molecule has 1 aliphatic carbocycles. The molecular weight excluding hydrogens is 254 g/mol. The van der Waals surface area contributed by atoms with Gasteiger partial charge in [-0.25, -0.2) is 0 Å². The van der Waals surface area contributed by atoms with Gasteiger partial charge in [0.15, 0.2) is 0 Å². The van der Waals surface area contributed by atoms with E-state index in [1.807, 2.05) is 0 Å². The van der Waals surface area contributed by atoms with E-state index in [0.29, 0.717) is 5.92 Å². The Balaban J connectivity index is 1.64. The van der Waals surface area contributed by atoms with Crippen LogP contribution in [0.3, 0.4) is 0 Å². The van der Waals surface area contributed by atoms with Gasteiger partial charge in [-0.05, 0) is 42.9 Å². The summed E-state index contributed by atoms with van der Waals surface area (Å²) < 4.78 is 5.90. The number of para-hydroxylation sites is 1. The minimum absolute atomic E-state index is 0.659. The topological polar surface area (TPSA) is 25.2 Å². The fourth-order valence-corrected chi connectivity index (χ4v) is 2.96. The SMILES string of the molecule is CSc1ccccc1NCc1ccc(C2CC2C)o1. The van der Waals surface area contributed by atoms with Crippen LogP contribution in [0.15, 0.2) is 45.7 Å². The van der Waals surface area contributed by atoms with Crippen LogP contribution in [0.4, 0.5) is 5.69 Å². The van der Waals surface area contributed by atoms with E-state index in [4.69, 9.17) is 4.42 Å². The van der Waals surface area contributed by atoms with Gasteiger partial charge in [0.25, 0.3) is 0 Å². The van der Waals surface area contributed by atoms with Crippen molar-refractivity contribution in [2.75, 3.05) is 11.6 Å². The van der Waals surface area contributed by atoms with Crippen molar-refractivity contribution >= 4 is 17.4 Å². The molecule has 19 heavy (non-hydrogen) atoms. The monoisotopic (exact) mass is 273 g/mol. The number of thioether (sulfide) groups is 1. The highest BCUT2D eigenvalue weighted by Gasteiger charge is 2.36. The lowest BCUT2D eigenvalue weighted by atomic mass is 10.3. The number of hydrogen-bond donors (Lipinski definition) is 1. The van der Waals surface area contributed by atoms with E-state index < -0.39 is 0 Å². The molecule has 1 saturated carbocycles. The van der Waals surface area contributed by atoms with Gasteiger partial charge in [0.2, 0.25) is 0 Å². The van der Waals surface area contributed by atoms with Crippen molar-refractivity contribution in [2.45, 2.75) is 30.7 Å². The first-order valence-electron chi connectivity index (χ1n) is 6.73. The molecule has 2 nitrogen and oxygen atoms in total. The molecule has 0 amide bonds. The van der Waals surface area contributed by atoms with Crippen LogP contribution in [0.1, 0.15) is 30.8 Å². The summed E-state index contributed by atoms with van der Waals surface area (Å²) in [6, 6.07) is 12.6. The molecule has 1 fully saturated rings. The van der Waals surface area contributed by atoms with E-state index in [-0.39, 0.29) is 0 Å². The molecule has 1 aromatic carbocycles. The molecular formula is C16H19NOS. The zero-order valence-electron chi connectivity index (χ0n) is 11.3. The average molecular weight is 273 g/mol. The lowest BCUT2D eigenvalue weighted by Crippen LogP contribution is -1.99. The highest BCUT2D eigenvalue weighted by atomic mass is 32.2. The molecule has 0 aliphatic heterocycles. The number of hydrogen-bond acceptors (Lipinski definition) is 3. The van der Waals surface area contributed by atoms with E-state index in [9.17, 15) is 0 Å². The Bertz CT molecular complexity index is 563. The second-order valence-electron chi connectivity index (χ2n) is 5.18. The van der Waals surface area contributed by atoms with Crippen LogP contribution in [0.5, 0.6) is 0 Å². The predicted molar refractivity (Wildman–Crippen MR) is 80.8 cm³/mol. The van der Waals surface area contributed by atoms with E-state index in [0.717, 1.165) is 24.0 Å². The van der Waals surface area contributed by atoms with Crippen LogP contribution in [-0.2, 0) is 6.54 Å². The van der Waals surface area contributed by atoms with Gasteiger partial charge in [-0.15, -0.1) is 11.8 Å². The van der Waals surface area contributed by atoms with Gasteiger partial charge in [0.05, 0.1) is 6.54 Å². The molecule has 1 aliphatic rings. The van der Waals surface area contributed by atoms with Gasteiger partial charge in [-0.1, -0.05) is 19.1 Å². The maximum atomic E-state index is 5.90. The van der Waals surface area contributed by atoms with E-state index in [1.165, 1.54) is 17.0 Å². The summed E-state index contributed by atoms with van der Waals surface area (Å²) in [5, 5.41) is 3.45. The van der Waals surface area contributed by atoms with Gasteiger partial charge in [-0.2, -0.15) is 0 Å². The molecule has 0 spiro atoms. The quantitative estimate of drug-likeness (QED) is 0.797. The van der Waals surface area contributed by atoms with Crippen molar-refractivity contribution in [1.82, 2.24) is 0 Å². The van der Waals surface area contributed by atoms with Gasteiger partial charge < -0.3 is 9.73 Å². The van der Waals surface area contributed by atoms with Crippen LogP contribution < -0.4 is 5.32 Å². The van der Waals surface area contributed by atoms with Gasteiger partial charge in [0.1, 0.15) is 11.5 Å². The third-order valence-electron chi connectivity index (χ3n) is 3.72. The molecule has 0 radical (unpaired) electrons. The fraction of sp³-hybridized carbons (Fsp3) is 0.375. The molecule has 2 aromatic rings. The summed E-state index contributed by atoms with van der Waals surface area (Å²) in [5.74, 6) is 3.63. The second kappa shape index (κ2) is 5.33. The van der Waals surface area contributed by atoms with Gasteiger partial charge in [0, 0.05) is 16.5 Å². The van der Waals surface area contributed by atoms with Crippen LogP contribution in [-0.4, -0.2) is 6.26 Å². The summed E-state index contributed by atoms with van der Waals surface area (Å²) in [7, 11) is 0. The Morgan fingerprint density at radius 3 is 2.79 bits per heavy atom. The average Bonchev–Trinajstić information content (AvgIpc) is 2.99. The smallest absolute Gasteiger partial charge is 0.123 e. The Hall–Kier alpha value is -1.35. The standard InChI is InChI=1S/C16H19NOS/c1-11-9-13(11)15-8-7-12(18-15)10-17-14-5-3-4-6-16(14)19-2/h3-8,11,13,17H,9-10H2,1-2H3. The zero-order chi connectivity index (χ0) is 13.2. The third kappa shape index (κ3) is 2.81. The maximum Gasteiger partial charge on any atom is 0.123 e. The summed E-state index contributed by atoms with van der Waals surface area (Å²) in [5.41, 5.74) is 1.17. The Kier molecular flexibility index (Phi) is 3.56. The van der Waals surface area contributed by atoms with Crippen molar-refractivity contribution in [1.29, 1.82) is 0 Å². The van der Waals surface area contributed by atoms with Crippen LogP contribution >= 0.6 is 11.8 Å². The molecule has 1 N–H and O–H groups in total. The van der Waals surface area contributed by atoms with Crippen molar-refractivity contribution < 1.29 is 4.42 Å². The zero-order valence-corrected chi connectivity index (χ0v) is 12.2. The van der Waals surface area contributed by atoms with Gasteiger partial charge >= 0.3 is 0 Å². The number of benzene rings is 1. The Morgan fingerprint density at radius 2 is 2.05 bits per heavy atom. The van der Waals surface area contributed by atoms with Crippen molar-refractivity contribution in [3.05, 3.63) is 47.9 Å². The van der Waals surface area contributed by atoms with E-state index in [2.05, 4.69) is 54.9 Å². The van der Waals surface area contributed by atoms with E-state index >= 15 is 0 Å². The van der Waals surface area contributed by atoms with Crippen molar-refractivity contribution in [3.63, 3.8) is 0 Å². The third-order valence-corrected chi connectivity index (χ3v) is 4.51. The Labute approximate surface area is 118 Å². The first kappa shape index (κ1) is 12.7. The number of rotatable bonds is 5. The van der Waals surface area contributed by atoms with Crippen molar-refractivity contribution in [3.8, 4) is 0 Å². The Morgan fingerprint density at radius 1 is 1.26 bits per heavy atom. The maximum absolute atomic E-state index is 5.90. The summed E-state index contributed by atoms with van der Waals surface area (Å²) >= 11 is 1.76. The molecule has 1 aromatic heterocycles. The van der Waals surface area contributed by atoms with Crippen molar-refractivity contribution in [2.24, 2.45) is 5.92 Å². The number of furan rings is 1. The number of anilines is 1. The largest absolute Gasteiger partial charge is 0.464 e. The molecule has 3 heteroatoms. The van der Waals surface area contributed by atoms with Crippen LogP contribution in [0.2, 0.25) is 0 Å². The van der Waals surface area contributed by atoms with E-state index in [1.54, 1.807) is 11.8 Å². The lowest BCUT2D eigenvalue weighted by Gasteiger charge is -2.08. The fourth-order valence-electron chi connectivity index (χ4n) is 2.38. The number of nitrogens with one attached hydrogen (secondary N) is 1. The lowest BCUT2D eigenvalue weighted by molar-refractivity contribution is 0.468. The predicted octanol–water partition coefficient (Wildman–Crippen LogP) is 4.74.